The summed E-state index contributed by atoms with van der Waals surface area (Å²) in [4.78, 5) is 4.74. The lowest BCUT2D eigenvalue weighted by Crippen LogP contribution is -2.16. The van der Waals surface area contributed by atoms with Gasteiger partial charge in [-0.1, -0.05) is 77.9 Å². The normalized spacial score (nSPS) is 14.5. The third-order valence-electron chi connectivity index (χ3n) is 6.09. The van der Waals surface area contributed by atoms with E-state index in [1.165, 1.54) is 38.9 Å². The second-order valence-electron chi connectivity index (χ2n) is 8.94. The quantitative estimate of drug-likeness (QED) is 0.480. The molecule has 0 radical (unpaired) electrons. The van der Waals surface area contributed by atoms with Gasteiger partial charge in [0.15, 0.2) is 0 Å². The molecule has 1 aliphatic rings. The van der Waals surface area contributed by atoms with Crippen molar-refractivity contribution in [1.29, 1.82) is 0 Å². The molecule has 0 saturated carbocycles. The summed E-state index contributed by atoms with van der Waals surface area (Å²) in [6, 6.07) is 18.1. The maximum atomic E-state index is 4.74. The monoisotopic (exact) mass is 355 g/mol. The van der Waals surface area contributed by atoms with Gasteiger partial charge in [-0.15, -0.1) is 0 Å². The first-order valence-corrected chi connectivity index (χ1v) is 10.0. The van der Waals surface area contributed by atoms with E-state index < -0.39 is 0 Å². The number of hydrogen-bond donors (Lipinski definition) is 0. The van der Waals surface area contributed by atoms with E-state index in [4.69, 9.17) is 4.98 Å². The summed E-state index contributed by atoms with van der Waals surface area (Å²) in [6.07, 6.45) is 1.95. The largest absolute Gasteiger partial charge is 0.256 e. The van der Waals surface area contributed by atoms with Gasteiger partial charge in [0, 0.05) is 17.2 Å². The molecule has 0 N–H and O–H groups in total. The first-order chi connectivity index (χ1) is 12.8. The highest BCUT2D eigenvalue weighted by atomic mass is 14.7. The minimum atomic E-state index is -0.0215. The Morgan fingerprint density at radius 3 is 2.11 bits per heavy atom. The number of nitrogens with zero attached hydrogens (tertiary/aromatic N) is 1. The predicted octanol–water partition coefficient (Wildman–Crippen LogP) is 7.30. The summed E-state index contributed by atoms with van der Waals surface area (Å²) in [6.45, 7) is 13.7. The highest BCUT2D eigenvalue weighted by molar-refractivity contribution is 5.87. The van der Waals surface area contributed by atoms with Crippen molar-refractivity contribution in [2.45, 2.75) is 58.8 Å². The lowest BCUT2D eigenvalue weighted by Gasteiger charge is -2.24. The maximum absolute atomic E-state index is 4.74. The van der Waals surface area contributed by atoms with E-state index in [2.05, 4.69) is 90.1 Å². The molecule has 1 aliphatic carbocycles. The maximum Gasteiger partial charge on any atom is 0.0708 e. The second-order valence-corrected chi connectivity index (χ2v) is 8.94. The average Bonchev–Trinajstić information content (AvgIpc) is 2.89. The van der Waals surface area contributed by atoms with Gasteiger partial charge >= 0.3 is 0 Å². The van der Waals surface area contributed by atoms with E-state index in [1.54, 1.807) is 0 Å². The third kappa shape index (κ3) is 2.81. The van der Waals surface area contributed by atoms with Crippen molar-refractivity contribution in [2.75, 3.05) is 0 Å². The Morgan fingerprint density at radius 1 is 0.741 bits per heavy atom. The van der Waals surface area contributed by atoms with Gasteiger partial charge in [-0.05, 0) is 57.3 Å². The van der Waals surface area contributed by atoms with Crippen LogP contribution in [0.3, 0.4) is 0 Å². The molecule has 1 heterocycles. The van der Waals surface area contributed by atoms with Crippen molar-refractivity contribution < 1.29 is 0 Å². The lowest BCUT2D eigenvalue weighted by atomic mass is 9.79. The molecule has 4 rings (SSSR count). The van der Waals surface area contributed by atoms with Crippen molar-refractivity contribution in [3.8, 4) is 22.4 Å². The van der Waals surface area contributed by atoms with Crippen molar-refractivity contribution >= 4 is 0 Å². The summed E-state index contributed by atoms with van der Waals surface area (Å²) in [5, 5.41) is 0. The molecule has 0 unspecified atom stereocenters. The minimum absolute atomic E-state index is 0.0215. The Hall–Kier alpha value is -2.41. The molecule has 27 heavy (non-hydrogen) atoms. The minimum Gasteiger partial charge on any atom is -0.256 e. The first kappa shape index (κ1) is 18.0. The van der Waals surface area contributed by atoms with Crippen LogP contribution in [0.1, 0.15) is 75.6 Å². The van der Waals surface area contributed by atoms with Crippen LogP contribution in [0, 0.1) is 0 Å². The predicted molar refractivity (Wildman–Crippen MR) is 115 cm³/mol. The molecular formula is C26H29N. The molecule has 1 nitrogen and oxygen atoms in total. The SMILES string of the molecule is CC(C)c1ccnc(-c2cccc3c2C(C)(C)c2ccc(C(C)C)cc2-3)c1. The zero-order valence-electron chi connectivity index (χ0n) is 17.3. The molecule has 0 bridgehead atoms. The van der Waals surface area contributed by atoms with Crippen LogP contribution < -0.4 is 0 Å². The topological polar surface area (TPSA) is 12.9 Å². The van der Waals surface area contributed by atoms with E-state index in [9.17, 15) is 0 Å². The van der Waals surface area contributed by atoms with Gasteiger partial charge in [0.05, 0.1) is 5.69 Å². The third-order valence-corrected chi connectivity index (χ3v) is 6.09. The Labute approximate surface area is 163 Å². The van der Waals surface area contributed by atoms with Gasteiger partial charge < -0.3 is 0 Å². The van der Waals surface area contributed by atoms with Gasteiger partial charge in [-0.2, -0.15) is 0 Å². The molecular weight excluding hydrogens is 326 g/mol. The van der Waals surface area contributed by atoms with Gasteiger partial charge in [0.1, 0.15) is 0 Å². The molecule has 0 spiro atoms. The van der Waals surface area contributed by atoms with Crippen LogP contribution in [0.4, 0.5) is 0 Å². The molecule has 0 saturated heterocycles. The van der Waals surface area contributed by atoms with Gasteiger partial charge in [-0.25, -0.2) is 0 Å². The Balaban J connectivity index is 1.96. The van der Waals surface area contributed by atoms with Crippen molar-refractivity contribution in [3.63, 3.8) is 0 Å². The van der Waals surface area contributed by atoms with Crippen molar-refractivity contribution in [3.05, 3.63) is 77.0 Å². The zero-order chi connectivity index (χ0) is 19.3. The van der Waals surface area contributed by atoms with Crippen LogP contribution in [-0.2, 0) is 5.41 Å². The van der Waals surface area contributed by atoms with Crippen LogP contribution in [0.25, 0.3) is 22.4 Å². The lowest BCUT2D eigenvalue weighted by molar-refractivity contribution is 0.661. The van der Waals surface area contributed by atoms with Crippen LogP contribution >= 0.6 is 0 Å². The molecule has 3 aromatic rings. The molecule has 0 aliphatic heterocycles. The molecule has 0 fully saturated rings. The van der Waals surface area contributed by atoms with Crippen molar-refractivity contribution in [2.24, 2.45) is 0 Å². The fourth-order valence-corrected chi connectivity index (χ4v) is 4.44. The fraction of sp³-hybridized carbons (Fsp3) is 0.346. The summed E-state index contributed by atoms with van der Waals surface area (Å²) < 4.78 is 0. The first-order valence-electron chi connectivity index (χ1n) is 10.0. The van der Waals surface area contributed by atoms with Crippen LogP contribution in [0.15, 0.2) is 54.7 Å². The standard InChI is InChI=1S/C26H29N/c1-16(2)18-10-11-23-22(14-18)20-8-7-9-21(25(20)26(23,5)6)24-15-19(17(3)4)12-13-27-24/h7-17H,1-6H3. The number of hydrogen-bond acceptors (Lipinski definition) is 1. The number of rotatable bonds is 3. The number of fused-ring (bicyclic) bond motifs is 3. The summed E-state index contributed by atoms with van der Waals surface area (Å²) in [7, 11) is 0. The molecule has 1 heteroatoms. The van der Waals surface area contributed by atoms with Crippen LogP contribution in [-0.4, -0.2) is 4.98 Å². The van der Waals surface area contributed by atoms with Gasteiger partial charge in [-0.3, -0.25) is 4.98 Å². The van der Waals surface area contributed by atoms with E-state index in [-0.39, 0.29) is 5.41 Å². The van der Waals surface area contributed by atoms with E-state index >= 15 is 0 Å². The van der Waals surface area contributed by atoms with Crippen LogP contribution in [0.5, 0.6) is 0 Å². The van der Waals surface area contributed by atoms with Gasteiger partial charge in [0.2, 0.25) is 0 Å². The highest BCUT2D eigenvalue weighted by Gasteiger charge is 2.37. The Kier molecular flexibility index (Phi) is 4.22. The smallest absolute Gasteiger partial charge is 0.0708 e. The molecule has 0 amide bonds. The molecule has 0 atom stereocenters. The van der Waals surface area contributed by atoms with E-state index in [0.29, 0.717) is 11.8 Å². The zero-order valence-corrected chi connectivity index (χ0v) is 17.3. The number of aromatic nitrogens is 1. The highest BCUT2D eigenvalue weighted by Crippen LogP contribution is 2.52. The summed E-state index contributed by atoms with van der Waals surface area (Å²) in [5.74, 6) is 1.04. The number of pyridine rings is 1. The van der Waals surface area contributed by atoms with Crippen molar-refractivity contribution in [1.82, 2.24) is 4.98 Å². The Bertz CT molecular complexity index is 1010. The Morgan fingerprint density at radius 2 is 1.41 bits per heavy atom. The van der Waals surface area contributed by atoms with Gasteiger partial charge in [0.25, 0.3) is 0 Å². The molecule has 138 valence electrons. The number of benzene rings is 2. The molecule has 2 aromatic carbocycles. The average molecular weight is 356 g/mol. The molecule has 1 aromatic heterocycles. The summed E-state index contributed by atoms with van der Waals surface area (Å²) in [5.41, 5.74) is 10.7. The second kappa shape index (κ2) is 6.34. The fourth-order valence-electron chi connectivity index (χ4n) is 4.44. The van der Waals surface area contributed by atoms with E-state index in [0.717, 1.165) is 5.69 Å². The van der Waals surface area contributed by atoms with Crippen LogP contribution in [0.2, 0.25) is 0 Å². The summed E-state index contributed by atoms with van der Waals surface area (Å²) >= 11 is 0. The van der Waals surface area contributed by atoms with E-state index in [1.807, 2.05) is 6.20 Å².